The van der Waals surface area contributed by atoms with Crippen LogP contribution in [0.4, 0.5) is 17.1 Å². The summed E-state index contributed by atoms with van der Waals surface area (Å²) in [6, 6.07) is 38.6. The highest BCUT2D eigenvalue weighted by atomic mass is 15.1. The van der Waals surface area contributed by atoms with E-state index >= 15 is 0 Å². The third-order valence-electron chi connectivity index (χ3n) is 5.18. The molecule has 4 rings (SSSR count). The molecule has 0 heterocycles. The molecule has 0 fully saturated rings. The summed E-state index contributed by atoms with van der Waals surface area (Å²) in [7, 11) is 0. The maximum Gasteiger partial charge on any atom is 0.0543 e. The number of nitrogens with zero attached hydrogens (tertiary/aromatic N) is 1. The first kappa shape index (κ1) is 19.0. The topological polar surface area (TPSA) is 3.24 Å². The Hall–Kier alpha value is -3.32. The van der Waals surface area contributed by atoms with Gasteiger partial charge in [0.05, 0.1) is 5.69 Å². The fraction of sp³-hybridized carbons (Fsp3) is 0.143. The lowest BCUT2D eigenvalue weighted by atomic mass is 9.81. The molecule has 0 unspecified atom stereocenters. The molecule has 0 spiro atoms. The molecule has 144 valence electrons. The average Bonchev–Trinajstić information content (AvgIpc) is 2.75. The van der Waals surface area contributed by atoms with E-state index in [2.05, 4.69) is 135 Å². The second-order valence-electron chi connectivity index (χ2n) is 8.32. The Balaban J connectivity index is 2.04. The summed E-state index contributed by atoms with van der Waals surface area (Å²) in [5.74, 6) is 0. The van der Waals surface area contributed by atoms with Gasteiger partial charge < -0.3 is 4.90 Å². The highest BCUT2D eigenvalue weighted by molar-refractivity contribution is 5.90. The van der Waals surface area contributed by atoms with Crippen LogP contribution in [-0.2, 0) is 5.41 Å². The zero-order valence-corrected chi connectivity index (χ0v) is 17.3. The van der Waals surface area contributed by atoms with Crippen molar-refractivity contribution >= 4 is 17.1 Å². The monoisotopic (exact) mass is 377 g/mol. The minimum Gasteiger partial charge on any atom is -0.310 e. The summed E-state index contributed by atoms with van der Waals surface area (Å²) >= 11 is 0. The van der Waals surface area contributed by atoms with Crippen LogP contribution in [0.5, 0.6) is 0 Å². The molecule has 0 aromatic heterocycles. The fourth-order valence-corrected chi connectivity index (χ4v) is 3.84. The Morgan fingerprint density at radius 2 is 1.00 bits per heavy atom. The number of hydrogen-bond donors (Lipinski definition) is 0. The van der Waals surface area contributed by atoms with E-state index in [9.17, 15) is 0 Å². The smallest absolute Gasteiger partial charge is 0.0543 e. The Bertz CT molecular complexity index is 1020. The molecule has 0 radical (unpaired) electrons. The Labute approximate surface area is 174 Å². The third-order valence-corrected chi connectivity index (χ3v) is 5.18. The van der Waals surface area contributed by atoms with Gasteiger partial charge in [0.15, 0.2) is 0 Å². The van der Waals surface area contributed by atoms with Crippen molar-refractivity contribution in [1.82, 2.24) is 0 Å². The van der Waals surface area contributed by atoms with Crippen LogP contribution in [0.1, 0.15) is 26.3 Å². The zero-order valence-electron chi connectivity index (χ0n) is 17.3. The predicted octanol–water partition coefficient (Wildman–Crippen LogP) is 8.12. The van der Waals surface area contributed by atoms with Crippen molar-refractivity contribution in [1.29, 1.82) is 0 Å². The largest absolute Gasteiger partial charge is 0.310 e. The lowest BCUT2D eigenvalue weighted by Crippen LogP contribution is -2.17. The first-order valence-electron chi connectivity index (χ1n) is 10.1. The van der Waals surface area contributed by atoms with Gasteiger partial charge in [0.1, 0.15) is 0 Å². The Kier molecular flexibility index (Phi) is 5.22. The van der Waals surface area contributed by atoms with Crippen LogP contribution in [-0.4, -0.2) is 0 Å². The summed E-state index contributed by atoms with van der Waals surface area (Å²) in [4.78, 5) is 2.36. The van der Waals surface area contributed by atoms with Gasteiger partial charge >= 0.3 is 0 Å². The number of benzene rings is 4. The molecular weight excluding hydrogens is 350 g/mol. The molecule has 4 aromatic carbocycles. The average molecular weight is 378 g/mol. The molecule has 29 heavy (non-hydrogen) atoms. The number of para-hydroxylation sites is 2. The van der Waals surface area contributed by atoms with Gasteiger partial charge in [0, 0.05) is 16.9 Å². The number of anilines is 3. The van der Waals surface area contributed by atoms with Gasteiger partial charge in [-0.3, -0.25) is 0 Å². The molecule has 1 nitrogen and oxygen atoms in total. The normalized spacial score (nSPS) is 11.3. The van der Waals surface area contributed by atoms with E-state index in [0.717, 1.165) is 11.4 Å². The first-order chi connectivity index (χ1) is 14.1. The SMILES string of the molecule is CC(C)(C)c1cccc(N(c2ccccc2)c2ccccc2)c1-c1ccccc1. The lowest BCUT2D eigenvalue weighted by Gasteiger charge is -2.32. The highest BCUT2D eigenvalue weighted by Crippen LogP contribution is 2.44. The molecule has 1 heteroatoms. The van der Waals surface area contributed by atoms with Crippen LogP contribution >= 0.6 is 0 Å². The molecule has 4 aromatic rings. The first-order valence-corrected chi connectivity index (χ1v) is 10.1. The van der Waals surface area contributed by atoms with E-state index < -0.39 is 0 Å². The molecule has 0 aliphatic heterocycles. The summed E-state index contributed by atoms with van der Waals surface area (Å²) in [5, 5.41) is 0. The zero-order chi connectivity index (χ0) is 20.3. The van der Waals surface area contributed by atoms with Crippen LogP contribution < -0.4 is 4.90 Å². The van der Waals surface area contributed by atoms with Crippen molar-refractivity contribution in [2.75, 3.05) is 4.90 Å². The van der Waals surface area contributed by atoms with E-state index in [1.807, 2.05) is 0 Å². The maximum absolute atomic E-state index is 2.36. The summed E-state index contributed by atoms with van der Waals surface area (Å²) < 4.78 is 0. The van der Waals surface area contributed by atoms with Gasteiger partial charge in [0.2, 0.25) is 0 Å². The van der Waals surface area contributed by atoms with Crippen LogP contribution in [0, 0.1) is 0 Å². The van der Waals surface area contributed by atoms with Gasteiger partial charge in [-0.25, -0.2) is 0 Å². The number of hydrogen-bond acceptors (Lipinski definition) is 1. The van der Waals surface area contributed by atoms with Crippen molar-refractivity contribution in [3.63, 3.8) is 0 Å². The maximum atomic E-state index is 2.36. The predicted molar refractivity (Wildman–Crippen MR) is 125 cm³/mol. The van der Waals surface area contributed by atoms with Crippen LogP contribution in [0.25, 0.3) is 11.1 Å². The quantitative estimate of drug-likeness (QED) is 0.347. The molecule has 0 saturated heterocycles. The van der Waals surface area contributed by atoms with E-state index in [4.69, 9.17) is 0 Å². The van der Waals surface area contributed by atoms with Gasteiger partial charge in [-0.1, -0.05) is 99.6 Å². The molecule has 0 bridgehead atoms. The molecule has 0 atom stereocenters. The van der Waals surface area contributed by atoms with Gasteiger partial charge in [-0.05, 0) is 46.9 Å². The van der Waals surface area contributed by atoms with E-state index in [1.165, 1.54) is 22.4 Å². The molecule has 0 saturated carbocycles. The van der Waals surface area contributed by atoms with Crippen molar-refractivity contribution in [3.05, 3.63) is 115 Å². The minimum absolute atomic E-state index is 0.0280. The van der Waals surface area contributed by atoms with Crippen molar-refractivity contribution in [2.45, 2.75) is 26.2 Å². The van der Waals surface area contributed by atoms with Crippen LogP contribution in [0.15, 0.2) is 109 Å². The Morgan fingerprint density at radius 3 is 1.48 bits per heavy atom. The summed E-state index contributed by atoms with van der Waals surface area (Å²) in [6.07, 6.45) is 0. The molecule has 0 aliphatic rings. The van der Waals surface area contributed by atoms with Gasteiger partial charge in [-0.2, -0.15) is 0 Å². The van der Waals surface area contributed by atoms with E-state index in [0.29, 0.717) is 0 Å². The van der Waals surface area contributed by atoms with Crippen LogP contribution in [0.3, 0.4) is 0 Å². The highest BCUT2D eigenvalue weighted by Gasteiger charge is 2.24. The second kappa shape index (κ2) is 7.97. The third kappa shape index (κ3) is 3.95. The van der Waals surface area contributed by atoms with Crippen molar-refractivity contribution in [3.8, 4) is 11.1 Å². The van der Waals surface area contributed by atoms with Crippen molar-refractivity contribution < 1.29 is 0 Å². The molecular formula is C28H27N. The summed E-state index contributed by atoms with van der Waals surface area (Å²) in [6.45, 7) is 6.86. The fourth-order valence-electron chi connectivity index (χ4n) is 3.84. The minimum atomic E-state index is 0.0280. The van der Waals surface area contributed by atoms with Gasteiger partial charge in [0.25, 0.3) is 0 Å². The Morgan fingerprint density at radius 1 is 0.517 bits per heavy atom. The lowest BCUT2D eigenvalue weighted by molar-refractivity contribution is 0.592. The van der Waals surface area contributed by atoms with E-state index in [-0.39, 0.29) is 5.41 Å². The van der Waals surface area contributed by atoms with Crippen molar-refractivity contribution in [2.24, 2.45) is 0 Å². The number of rotatable bonds is 4. The van der Waals surface area contributed by atoms with Crippen LogP contribution in [0.2, 0.25) is 0 Å². The summed E-state index contributed by atoms with van der Waals surface area (Å²) in [5.41, 5.74) is 7.40. The molecule has 0 N–H and O–H groups in total. The van der Waals surface area contributed by atoms with E-state index in [1.54, 1.807) is 0 Å². The molecule has 0 amide bonds. The second-order valence-corrected chi connectivity index (χ2v) is 8.32. The van der Waals surface area contributed by atoms with Gasteiger partial charge in [-0.15, -0.1) is 0 Å². The molecule has 0 aliphatic carbocycles. The standard InChI is InChI=1S/C28H27N/c1-28(2,3)25-20-13-21-26(27(25)22-14-7-4-8-15-22)29(23-16-9-5-10-17-23)24-18-11-6-12-19-24/h4-21H,1-3H3.